The summed E-state index contributed by atoms with van der Waals surface area (Å²) < 4.78 is 0. The molecule has 0 aliphatic heterocycles. The van der Waals surface area contributed by atoms with Crippen LogP contribution in [0.5, 0.6) is 0 Å². The second-order valence-corrected chi connectivity index (χ2v) is 5.02. The van der Waals surface area contributed by atoms with Gasteiger partial charge in [0.1, 0.15) is 5.82 Å². The van der Waals surface area contributed by atoms with Crippen molar-refractivity contribution in [3.05, 3.63) is 42.0 Å². The zero-order chi connectivity index (χ0) is 13.2. The Morgan fingerprint density at radius 1 is 1.17 bits per heavy atom. The van der Waals surface area contributed by atoms with Crippen LogP contribution in [0.3, 0.4) is 0 Å². The van der Waals surface area contributed by atoms with Gasteiger partial charge in [0.25, 0.3) is 0 Å². The molecule has 0 atom stereocenters. The molecular weight excluding hydrogens is 224 g/mol. The molecule has 0 aromatic carbocycles. The molecule has 2 N–H and O–H groups in total. The van der Waals surface area contributed by atoms with E-state index in [2.05, 4.69) is 15.0 Å². The van der Waals surface area contributed by atoms with Crippen molar-refractivity contribution in [3.63, 3.8) is 0 Å². The number of pyridine rings is 1. The quantitative estimate of drug-likeness (QED) is 0.895. The average molecular weight is 242 g/mol. The van der Waals surface area contributed by atoms with E-state index in [-0.39, 0.29) is 5.41 Å². The van der Waals surface area contributed by atoms with Gasteiger partial charge in [-0.15, -0.1) is 0 Å². The second kappa shape index (κ2) is 4.82. The molecule has 0 fully saturated rings. The second-order valence-electron chi connectivity index (χ2n) is 5.02. The summed E-state index contributed by atoms with van der Waals surface area (Å²) in [7, 11) is 0. The highest BCUT2D eigenvalue weighted by Gasteiger charge is 2.23. The first kappa shape index (κ1) is 12.6. The molecule has 0 aliphatic rings. The number of rotatable bonds is 3. The Morgan fingerprint density at radius 3 is 2.56 bits per heavy atom. The molecule has 94 valence electrons. The zero-order valence-electron chi connectivity index (χ0n) is 11.0. The summed E-state index contributed by atoms with van der Waals surface area (Å²) in [5.41, 5.74) is 8.19. The Morgan fingerprint density at radius 2 is 1.94 bits per heavy atom. The molecule has 0 bridgehead atoms. The molecule has 0 saturated carbocycles. The fourth-order valence-electron chi connectivity index (χ4n) is 1.61. The highest BCUT2D eigenvalue weighted by atomic mass is 14.9. The van der Waals surface area contributed by atoms with Gasteiger partial charge in [0.15, 0.2) is 0 Å². The summed E-state index contributed by atoms with van der Waals surface area (Å²) in [5, 5.41) is 0. The first-order valence-corrected chi connectivity index (χ1v) is 6.00. The van der Waals surface area contributed by atoms with E-state index in [1.165, 1.54) is 0 Å². The standard InChI is InChI=1S/C14H18N4/c1-10-8-12(11-6-4-5-7-16-11)18-13(17-10)14(2,3)9-15/h4-8H,9,15H2,1-3H3. The lowest BCUT2D eigenvalue weighted by atomic mass is 9.92. The van der Waals surface area contributed by atoms with Gasteiger partial charge < -0.3 is 5.73 Å². The summed E-state index contributed by atoms with van der Waals surface area (Å²) >= 11 is 0. The minimum Gasteiger partial charge on any atom is -0.329 e. The zero-order valence-corrected chi connectivity index (χ0v) is 11.0. The molecule has 2 rings (SSSR count). The highest BCUT2D eigenvalue weighted by molar-refractivity contribution is 5.54. The van der Waals surface area contributed by atoms with Crippen LogP contribution in [-0.2, 0) is 5.41 Å². The molecule has 4 heteroatoms. The lowest BCUT2D eigenvalue weighted by molar-refractivity contribution is 0.501. The van der Waals surface area contributed by atoms with E-state index in [0.717, 1.165) is 22.9 Å². The largest absolute Gasteiger partial charge is 0.329 e. The average Bonchev–Trinajstić information content (AvgIpc) is 2.39. The van der Waals surface area contributed by atoms with E-state index in [1.54, 1.807) is 6.20 Å². The van der Waals surface area contributed by atoms with Gasteiger partial charge in [0.05, 0.1) is 11.4 Å². The minimum atomic E-state index is -0.227. The monoisotopic (exact) mass is 242 g/mol. The van der Waals surface area contributed by atoms with E-state index in [1.807, 2.05) is 45.0 Å². The Balaban J connectivity index is 2.52. The molecular formula is C14H18N4. The normalized spacial score (nSPS) is 11.6. The molecule has 0 saturated heterocycles. The van der Waals surface area contributed by atoms with Crippen LogP contribution < -0.4 is 5.73 Å². The molecule has 18 heavy (non-hydrogen) atoms. The fraction of sp³-hybridized carbons (Fsp3) is 0.357. The third-order valence-corrected chi connectivity index (χ3v) is 2.90. The number of aryl methyl sites for hydroxylation is 1. The maximum Gasteiger partial charge on any atom is 0.136 e. The highest BCUT2D eigenvalue weighted by Crippen LogP contribution is 2.22. The van der Waals surface area contributed by atoms with Crippen LogP contribution in [0.4, 0.5) is 0 Å². The van der Waals surface area contributed by atoms with Crippen LogP contribution in [0.1, 0.15) is 25.4 Å². The Bertz CT molecular complexity index is 535. The van der Waals surface area contributed by atoms with E-state index in [0.29, 0.717) is 6.54 Å². The number of hydrogen-bond donors (Lipinski definition) is 1. The van der Waals surface area contributed by atoms with Crippen molar-refractivity contribution < 1.29 is 0 Å². The third kappa shape index (κ3) is 2.54. The van der Waals surface area contributed by atoms with Gasteiger partial charge in [-0.1, -0.05) is 19.9 Å². The molecule has 0 radical (unpaired) electrons. The maximum absolute atomic E-state index is 5.78. The van der Waals surface area contributed by atoms with Crippen LogP contribution in [0.15, 0.2) is 30.5 Å². The summed E-state index contributed by atoms with van der Waals surface area (Å²) in [4.78, 5) is 13.4. The summed E-state index contributed by atoms with van der Waals surface area (Å²) in [6.07, 6.45) is 1.76. The van der Waals surface area contributed by atoms with Crippen LogP contribution in [0, 0.1) is 6.92 Å². The van der Waals surface area contributed by atoms with E-state index in [4.69, 9.17) is 5.73 Å². The Hall–Kier alpha value is -1.81. The van der Waals surface area contributed by atoms with E-state index in [9.17, 15) is 0 Å². The minimum absolute atomic E-state index is 0.227. The van der Waals surface area contributed by atoms with E-state index >= 15 is 0 Å². The lowest BCUT2D eigenvalue weighted by Gasteiger charge is -2.21. The maximum atomic E-state index is 5.78. The summed E-state index contributed by atoms with van der Waals surface area (Å²) in [6, 6.07) is 7.73. The van der Waals surface area contributed by atoms with Crippen molar-refractivity contribution in [2.75, 3.05) is 6.54 Å². The number of nitrogens with two attached hydrogens (primary N) is 1. The van der Waals surface area contributed by atoms with Crippen molar-refractivity contribution in [1.82, 2.24) is 15.0 Å². The van der Waals surface area contributed by atoms with Crippen LogP contribution >= 0.6 is 0 Å². The van der Waals surface area contributed by atoms with Gasteiger partial charge in [0, 0.05) is 23.9 Å². The van der Waals surface area contributed by atoms with Crippen molar-refractivity contribution in [2.45, 2.75) is 26.2 Å². The first-order valence-electron chi connectivity index (χ1n) is 6.00. The number of hydrogen-bond acceptors (Lipinski definition) is 4. The number of nitrogens with zero attached hydrogens (tertiary/aromatic N) is 3. The van der Waals surface area contributed by atoms with E-state index < -0.39 is 0 Å². The van der Waals surface area contributed by atoms with Crippen molar-refractivity contribution in [3.8, 4) is 11.4 Å². The molecule has 0 spiro atoms. The van der Waals surface area contributed by atoms with Gasteiger partial charge in [0.2, 0.25) is 0 Å². The molecule has 0 unspecified atom stereocenters. The first-order chi connectivity index (χ1) is 8.53. The predicted molar refractivity (Wildman–Crippen MR) is 72.1 cm³/mol. The molecule has 0 aliphatic carbocycles. The Labute approximate surface area is 107 Å². The van der Waals surface area contributed by atoms with Crippen LogP contribution in [0.25, 0.3) is 11.4 Å². The van der Waals surface area contributed by atoms with Crippen LogP contribution in [0.2, 0.25) is 0 Å². The van der Waals surface area contributed by atoms with Gasteiger partial charge in [-0.2, -0.15) is 0 Å². The third-order valence-electron chi connectivity index (χ3n) is 2.90. The lowest BCUT2D eigenvalue weighted by Crippen LogP contribution is -2.30. The van der Waals surface area contributed by atoms with Crippen molar-refractivity contribution in [1.29, 1.82) is 0 Å². The van der Waals surface area contributed by atoms with Crippen molar-refractivity contribution >= 4 is 0 Å². The number of aromatic nitrogens is 3. The SMILES string of the molecule is Cc1cc(-c2ccccn2)nc(C(C)(C)CN)n1. The molecule has 0 amide bonds. The van der Waals surface area contributed by atoms with Crippen molar-refractivity contribution in [2.24, 2.45) is 5.73 Å². The fourth-order valence-corrected chi connectivity index (χ4v) is 1.61. The summed E-state index contributed by atoms with van der Waals surface area (Å²) in [6.45, 7) is 6.57. The van der Waals surface area contributed by atoms with Crippen LogP contribution in [-0.4, -0.2) is 21.5 Å². The summed E-state index contributed by atoms with van der Waals surface area (Å²) in [5.74, 6) is 0.769. The van der Waals surface area contributed by atoms with Gasteiger partial charge in [-0.05, 0) is 25.1 Å². The predicted octanol–water partition coefficient (Wildman–Crippen LogP) is 2.08. The van der Waals surface area contributed by atoms with Gasteiger partial charge in [-0.25, -0.2) is 9.97 Å². The topological polar surface area (TPSA) is 64.7 Å². The molecule has 4 nitrogen and oxygen atoms in total. The van der Waals surface area contributed by atoms with Gasteiger partial charge >= 0.3 is 0 Å². The Kier molecular flexibility index (Phi) is 3.39. The smallest absolute Gasteiger partial charge is 0.136 e. The molecule has 2 aromatic heterocycles. The van der Waals surface area contributed by atoms with Gasteiger partial charge in [-0.3, -0.25) is 4.98 Å². The molecule has 2 heterocycles. The molecule has 2 aromatic rings.